The Morgan fingerprint density at radius 3 is 2.50 bits per heavy atom. The van der Waals surface area contributed by atoms with Crippen molar-refractivity contribution in [2.75, 3.05) is 44.3 Å². The molecule has 0 radical (unpaired) electrons. The highest BCUT2D eigenvalue weighted by Gasteiger charge is 2.13. The fourth-order valence-electron chi connectivity index (χ4n) is 3.29. The maximum Gasteiger partial charge on any atom is 0.251 e. The van der Waals surface area contributed by atoms with Gasteiger partial charge in [-0.25, -0.2) is 4.98 Å². The summed E-state index contributed by atoms with van der Waals surface area (Å²) < 4.78 is 5.39. The van der Waals surface area contributed by atoms with E-state index in [0.717, 1.165) is 57.3 Å². The fourth-order valence-corrected chi connectivity index (χ4v) is 3.29. The number of ether oxygens (including phenoxy) is 1. The van der Waals surface area contributed by atoms with E-state index in [2.05, 4.69) is 33.9 Å². The highest BCUT2D eigenvalue weighted by molar-refractivity contribution is 5.94. The van der Waals surface area contributed by atoms with Gasteiger partial charge in [-0.2, -0.15) is 0 Å². The Bertz CT molecular complexity index is 753. The topological polar surface area (TPSA) is 57.7 Å². The number of hydrogen-bond acceptors (Lipinski definition) is 5. The van der Waals surface area contributed by atoms with Crippen molar-refractivity contribution in [2.24, 2.45) is 0 Å². The quantitative estimate of drug-likeness (QED) is 0.761. The molecule has 2 aromatic rings. The lowest BCUT2D eigenvalue weighted by molar-refractivity contribution is 0.0951. The first-order valence-electron chi connectivity index (χ1n) is 10.1. The minimum absolute atomic E-state index is 0.0564. The van der Waals surface area contributed by atoms with Crippen molar-refractivity contribution in [1.29, 1.82) is 0 Å². The molecule has 6 nitrogen and oxygen atoms in total. The zero-order valence-electron chi connectivity index (χ0n) is 16.9. The van der Waals surface area contributed by atoms with E-state index in [4.69, 9.17) is 4.74 Å². The maximum atomic E-state index is 12.5. The first kappa shape index (κ1) is 20.3. The van der Waals surface area contributed by atoms with Crippen molar-refractivity contribution in [1.82, 2.24) is 15.2 Å². The Labute approximate surface area is 167 Å². The van der Waals surface area contributed by atoms with Crippen molar-refractivity contribution in [3.63, 3.8) is 0 Å². The maximum absolute atomic E-state index is 12.5. The summed E-state index contributed by atoms with van der Waals surface area (Å²) in [4.78, 5) is 21.5. The van der Waals surface area contributed by atoms with Crippen molar-refractivity contribution in [3.05, 3.63) is 59.3 Å². The van der Waals surface area contributed by atoms with Crippen LogP contribution in [0.15, 0.2) is 42.6 Å². The molecule has 1 aromatic heterocycles. The average molecular weight is 383 g/mol. The van der Waals surface area contributed by atoms with Crippen molar-refractivity contribution >= 4 is 11.7 Å². The third-order valence-electron chi connectivity index (χ3n) is 5.11. The molecular weight excluding hydrogens is 352 g/mol. The van der Waals surface area contributed by atoms with Crippen LogP contribution < -0.4 is 10.2 Å². The molecule has 1 fully saturated rings. The van der Waals surface area contributed by atoms with E-state index in [0.29, 0.717) is 12.1 Å². The molecule has 1 aliphatic heterocycles. The van der Waals surface area contributed by atoms with E-state index < -0.39 is 0 Å². The number of hydrogen-bond donors (Lipinski definition) is 1. The highest BCUT2D eigenvalue weighted by atomic mass is 16.5. The minimum Gasteiger partial charge on any atom is -0.378 e. The van der Waals surface area contributed by atoms with Gasteiger partial charge in [-0.1, -0.05) is 26.0 Å². The summed E-state index contributed by atoms with van der Waals surface area (Å²) in [6.45, 7) is 10.9. The minimum atomic E-state index is -0.0564. The molecule has 0 unspecified atom stereocenters. The van der Waals surface area contributed by atoms with E-state index >= 15 is 0 Å². The number of benzene rings is 1. The summed E-state index contributed by atoms with van der Waals surface area (Å²) >= 11 is 0. The molecule has 1 saturated heterocycles. The summed E-state index contributed by atoms with van der Waals surface area (Å²) in [5.74, 6) is 0.884. The van der Waals surface area contributed by atoms with Crippen LogP contribution in [0.3, 0.4) is 0 Å². The van der Waals surface area contributed by atoms with Gasteiger partial charge >= 0.3 is 0 Å². The van der Waals surface area contributed by atoms with Gasteiger partial charge in [0.25, 0.3) is 5.91 Å². The van der Waals surface area contributed by atoms with Gasteiger partial charge in [0.05, 0.1) is 13.2 Å². The number of rotatable bonds is 8. The normalized spacial score (nSPS) is 14.3. The third kappa shape index (κ3) is 5.53. The molecule has 1 aromatic carbocycles. The van der Waals surface area contributed by atoms with E-state index in [-0.39, 0.29) is 5.91 Å². The molecule has 0 bridgehead atoms. The van der Waals surface area contributed by atoms with Gasteiger partial charge in [-0.15, -0.1) is 0 Å². The van der Waals surface area contributed by atoms with Crippen LogP contribution in [0.25, 0.3) is 0 Å². The summed E-state index contributed by atoms with van der Waals surface area (Å²) in [7, 11) is 0. The van der Waals surface area contributed by atoms with Gasteiger partial charge in [0, 0.05) is 37.9 Å². The Balaban J connectivity index is 1.55. The van der Waals surface area contributed by atoms with E-state index in [9.17, 15) is 4.79 Å². The number of nitrogens with one attached hydrogen (secondary N) is 1. The second-order valence-corrected chi connectivity index (χ2v) is 6.96. The van der Waals surface area contributed by atoms with Gasteiger partial charge in [0.15, 0.2) is 0 Å². The van der Waals surface area contributed by atoms with Crippen molar-refractivity contribution < 1.29 is 9.53 Å². The number of anilines is 1. The van der Waals surface area contributed by atoms with E-state index in [1.165, 1.54) is 5.56 Å². The van der Waals surface area contributed by atoms with Crippen molar-refractivity contribution in [2.45, 2.75) is 26.9 Å². The molecule has 1 amide bonds. The zero-order valence-corrected chi connectivity index (χ0v) is 16.9. The predicted molar refractivity (Wildman–Crippen MR) is 112 cm³/mol. The molecule has 28 heavy (non-hydrogen) atoms. The van der Waals surface area contributed by atoms with Gasteiger partial charge < -0.3 is 15.0 Å². The molecule has 2 heterocycles. The summed E-state index contributed by atoms with van der Waals surface area (Å²) in [5.41, 5.74) is 2.96. The van der Waals surface area contributed by atoms with Gasteiger partial charge in [0.2, 0.25) is 0 Å². The van der Waals surface area contributed by atoms with Gasteiger partial charge in [0.1, 0.15) is 5.82 Å². The highest BCUT2D eigenvalue weighted by Crippen LogP contribution is 2.14. The smallest absolute Gasteiger partial charge is 0.251 e. The first-order valence-corrected chi connectivity index (χ1v) is 10.1. The largest absolute Gasteiger partial charge is 0.378 e. The second-order valence-electron chi connectivity index (χ2n) is 6.96. The standard InChI is InChI=1S/C22H30N4O2/c1-3-25(4-2)17-18-5-7-20(8-6-18)22(27)24-16-19-9-10-23-21(15-19)26-11-13-28-14-12-26/h5-10,15H,3-4,11-14,16-17H2,1-2H3,(H,24,27). The predicted octanol–water partition coefficient (Wildman–Crippen LogP) is 2.69. The number of nitrogens with zero attached hydrogens (tertiary/aromatic N) is 3. The first-order chi connectivity index (χ1) is 13.7. The summed E-state index contributed by atoms with van der Waals surface area (Å²) in [6.07, 6.45) is 1.80. The Morgan fingerprint density at radius 2 is 1.82 bits per heavy atom. The monoisotopic (exact) mass is 382 g/mol. The average Bonchev–Trinajstić information content (AvgIpc) is 2.77. The van der Waals surface area contributed by atoms with Crippen LogP contribution in [-0.4, -0.2) is 55.2 Å². The molecule has 3 rings (SSSR count). The second kappa shape index (κ2) is 10.2. The zero-order chi connectivity index (χ0) is 19.8. The third-order valence-corrected chi connectivity index (χ3v) is 5.11. The van der Waals surface area contributed by atoms with Crippen LogP contribution in [0, 0.1) is 0 Å². The molecule has 150 valence electrons. The number of pyridine rings is 1. The fraction of sp³-hybridized carbons (Fsp3) is 0.455. The van der Waals surface area contributed by atoms with Crippen LogP contribution >= 0.6 is 0 Å². The summed E-state index contributed by atoms with van der Waals surface area (Å²) in [5, 5.41) is 3.01. The van der Waals surface area contributed by atoms with Crippen LogP contribution in [0.2, 0.25) is 0 Å². The molecule has 6 heteroatoms. The van der Waals surface area contributed by atoms with Gasteiger partial charge in [-0.3, -0.25) is 9.69 Å². The molecular formula is C22H30N4O2. The number of morpholine rings is 1. The molecule has 1 N–H and O–H groups in total. The Kier molecular flexibility index (Phi) is 7.39. The lowest BCUT2D eigenvalue weighted by Crippen LogP contribution is -2.36. The lowest BCUT2D eigenvalue weighted by atomic mass is 10.1. The Morgan fingerprint density at radius 1 is 1.11 bits per heavy atom. The SMILES string of the molecule is CCN(CC)Cc1ccc(C(=O)NCc2ccnc(N3CCOCC3)c2)cc1. The summed E-state index contributed by atoms with van der Waals surface area (Å²) in [6, 6.07) is 11.9. The van der Waals surface area contributed by atoms with Gasteiger partial charge in [-0.05, 0) is 48.5 Å². The number of amides is 1. The molecule has 0 saturated carbocycles. The van der Waals surface area contributed by atoms with Crippen LogP contribution in [0.1, 0.15) is 35.3 Å². The van der Waals surface area contributed by atoms with Crippen LogP contribution in [0.5, 0.6) is 0 Å². The number of carbonyl (C=O) groups excluding carboxylic acids is 1. The van der Waals surface area contributed by atoms with E-state index in [1.54, 1.807) is 6.20 Å². The van der Waals surface area contributed by atoms with Crippen molar-refractivity contribution in [3.8, 4) is 0 Å². The van der Waals surface area contributed by atoms with Crippen LogP contribution in [0.4, 0.5) is 5.82 Å². The Hall–Kier alpha value is -2.44. The van der Waals surface area contributed by atoms with Crippen LogP contribution in [-0.2, 0) is 17.8 Å². The lowest BCUT2D eigenvalue weighted by Gasteiger charge is -2.28. The van der Waals surface area contributed by atoms with E-state index in [1.807, 2.05) is 36.4 Å². The number of aromatic nitrogens is 1. The molecule has 0 atom stereocenters. The molecule has 0 aliphatic carbocycles. The molecule has 1 aliphatic rings. The number of carbonyl (C=O) groups is 1. The molecule has 0 spiro atoms.